The number of hydrogen-bond acceptors (Lipinski definition) is 3. The number of hydrogen-bond donors (Lipinski definition) is 1. The standard InChI is InChI=1S/C15H26N2O2S/c1-5-17(13(2)3)20(18,19)15-10-8-14(9-11-15)7-6-12-16-4/h8-11,13,16H,5-7,12H2,1-4H3. The summed E-state index contributed by atoms with van der Waals surface area (Å²) in [6.07, 6.45) is 2.01. The van der Waals surface area contributed by atoms with Crippen LogP contribution in [0.3, 0.4) is 0 Å². The summed E-state index contributed by atoms with van der Waals surface area (Å²) in [5, 5.41) is 3.11. The van der Waals surface area contributed by atoms with Crippen molar-refractivity contribution in [2.24, 2.45) is 0 Å². The maximum Gasteiger partial charge on any atom is 0.243 e. The second-order valence-corrected chi connectivity index (χ2v) is 7.04. The van der Waals surface area contributed by atoms with Gasteiger partial charge in [0.25, 0.3) is 0 Å². The van der Waals surface area contributed by atoms with Gasteiger partial charge in [0.1, 0.15) is 0 Å². The Bertz CT molecular complexity index is 495. The molecule has 0 atom stereocenters. The van der Waals surface area contributed by atoms with Gasteiger partial charge in [-0.2, -0.15) is 4.31 Å². The molecule has 1 aromatic carbocycles. The predicted molar refractivity (Wildman–Crippen MR) is 83.4 cm³/mol. The van der Waals surface area contributed by atoms with Gasteiger partial charge in [-0.25, -0.2) is 8.42 Å². The van der Waals surface area contributed by atoms with Gasteiger partial charge < -0.3 is 5.32 Å². The van der Waals surface area contributed by atoms with E-state index in [0.29, 0.717) is 11.4 Å². The normalized spacial score (nSPS) is 12.3. The average Bonchev–Trinajstić information content (AvgIpc) is 2.39. The molecule has 0 heterocycles. The van der Waals surface area contributed by atoms with Crippen molar-refractivity contribution in [1.29, 1.82) is 0 Å². The van der Waals surface area contributed by atoms with Crippen LogP contribution in [0.1, 0.15) is 32.8 Å². The summed E-state index contributed by atoms with van der Waals surface area (Å²) in [5.74, 6) is 0. The summed E-state index contributed by atoms with van der Waals surface area (Å²) >= 11 is 0. The molecule has 0 aliphatic heterocycles. The third kappa shape index (κ3) is 4.30. The van der Waals surface area contributed by atoms with Crippen molar-refractivity contribution in [1.82, 2.24) is 9.62 Å². The fourth-order valence-corrected chi connectivity index (χ4v) is 3.89. The first-order chi connectivity index (χ1) is 9.43. The summed E-state index contributed by atoms with van der Waals surface area (Å²) in [6, 6.07) is 7.23. The van der Waals surface area contributed by atoms with Crippen LogP contribution in [0.5, 0.6) is 0 Å². The molecule has 0 amide bonds. The molecule has 4 nitrogen and oxygen atoms in total. The second kappa shape index (κ2) is 7.76. The molecule has 0 bridgehead atoms. The van der Waals surface area contributed by atoms with E-state index in [1.54, 1.807) is 12.1 Å². The summed E-state index contributed by atoms with van der Waals surface area (Å²) < 4.78 is 26.5. The second-order valence-electron chi connectivity index (χ2n) is 5.15. The van der Waals surface area contributed by atoms with Crippen LogP contribution >= 0.6 is 0 Å². The molecular weight excluding hydrogens is 272 g/mol. The lowest BCUT2D eigenvalue weighted by molar-refractivity contribution is 0.369. The Morgan fingerprint density at radius 1 is 1.20 bits per heavy atom. The molecule has 1 N–H and O–H groups in total. The minimum Gasteiger partial charge on any atom is -0.320 e. The van der Waals surface area contributed by atoms with E-state index < -0.39 is 10.0 Å². The van der Waals surface area contributed by atoms with Crippen LogP contribution in [0.25, 0.3) is 0 Å². The van der Waals surface area contributed by atoms with Crippen LogP contribution in [0.2, 0.25) is 0 Å². The molecule has 0 fully saturated rings. The molecule has 114 valence electrons. The van der Waals surface area contributed by atoms with Crippen molar-refractivity contribution >= 4 is 10.0 Å². The van der Waals surface area contributed by atoms with Gasteiger partial charge >= 0.3 is 0 Å². The quantitative estimate of drug-likeness (QED) is 0.749. The van der Waals surface area contributed by atoms with Gasteiger partial charge in [-0.3, -0.25) is 0 Å². The van der Waals surface area contributed by atoms with Crippen molar-refractivity contribution in [3.63, 3.8) is 0 Å². The topological polar surface area (TPSA) is 49.4 Å². The average molecular weight is 298 g/mol. The smallest absolute Gasteiger partial charge is 0.243 e. The molecule has 0 saturated heterocycles. The molecule has 1 rings (SSSR count). The first kappa shape index (κ1) is 17.1. The van der Waals surface area contributed by atoms with Gasteiger partial charge in [0.2, 0.25) is 10.0 Å². The number of nitrogens with one attached hydrogen (secondary N) is 1. The van der Waals surface area contributed by atoms with Gasteiger partial charge in [-0.15, -0.1) is 0 Å². The lowest BCUT2D eigenvalue weighted by atomic mass is 10.1. The zero-order valence-corrected chi connectivity index (χ0v) is 13.7. The first-order valence-electron chi connectivity index (χ1n) is 7.18. The molecule has 0 radical (unpaired) electrons. The Morgan fingerprint density at radius 2 is 1.80 bits per heavy atom. The maximum atomic E-state index is 12.5. The fourth-order valence-electron chi connectivity index (χ4n) is 2.25. The molecule has 0 aliphatic carbocycles. The lowest BCUT2D eigenvalue weighted by Crippen LogP contribution is -2.36. The molecule has 20 heavy (non-hydrogen) atoms. The summed E-state index contributed by atoms with van der Waals surface area (Å²) in [6.45, 7) is 7.12. The largest absolute Gasteiger partial charge is 0.320 e. The van der Waals surface area contributed by atoms with Gasteiger partial charge in [-0.1, -0.05) is 19.1 Å². The Labute approximate surface area is 123 Å². The Hall–Kier alpha value is -0.910. The summed E-state index contributed by atoms with van der Waals surface area (Å²) in [4.78, 5) is 0.380. The van der Waals surface area contributed by atoms with Crippen LogP contribution in [-0.2, 0) is 16.4 Å². The SMILES string of the molecule is CCN(C(C)C)S(=O)(=O)c1ccc(CCCNC)cc1. The fraction of sp³-hybridized carbons (Fsp3) is 0.600. The molecule has 0 aromatic heterocycles. The van der Waals surface area contributed by atoms with Crippen LogP contribution in [0.4, 0.5) is 0 Å². The highest BCUT2D eigenvalue weighted by atomic mass is 32.2. The van der Waals surface area contributed by atoms with E-state index in [9.17, 15) is 8.42 Å². The van der Waals surface area contributed by atoms with Gasteiger partial charge in [0, 0.05) is 12.6 Å². The van der Waals surface area contributed by atoms with E-state index in [0.717, 1.165) is 19.4 Å². The highest BCUT2D eigenvalue weighted by Gasteiger charge is 2.25. The molecule has 0 aliphatic rings. The number of benzene rings is 1. The molecule has 0 saturated carbocycles. The zero-order chi connectivity index (χ0) is 15.2. The maximum absolute atomic E-state index is 12.5. The Kier molecular flexibility index (Phi) is 6.65. The molecule has 0 unspecified atom stereocenters. The Balaban J connectivity index is 2.86. The molecule has 5 heteroatoms. The Morgan fingerprint density at radius 3 is 2.25 bits per heavy atom. The molecular formula is C15H26N2O2S. The van der Waals surface area contributed by atoms with E-state index >= 15 is 0 Å². The van der Waals surface area contributed by atoms with Crippen LogP contribution in [0, 0.1) is 0 Å². The van der Waals surface area contributed by atoms with Crippen molar-refractivity contribution in [3.8, 4) is 0 Å². The number of aryl methyl sites for hydroxylation is 1. The minimum absolute atomic E-state index is 0.0275. The molecule has 1 aromatic rings. The number of sulfonamides is 1. The molecule has 0 spiro atoms. The predicted octanol–water partition coefficient (Wildman–Crippen LogP) is 2.26. The van der Waals surface area contributed by atoms with E-state index in [1.165, 1.54) is 9.87 Å². The van der Waals surface area contributed by atoms with E-state index in [2.05, 4.69) is 5.32 Å². The highest BCUT2D eigenvalue weighted by molar-refractivity contribution is 7.89. The lowest BCUT2D eigenvalue weighted by Gasteiger charge is -2.24. The third-order valence-corrected chi connectivity index (χ3v) is 5.47. The van der Waals surface area contributed by atoms with Crippen molar-refractivity contribution in [2.75, 3.05) is 20.1 Å². The number of nitrogens with zero attached hydrogens (tertiary/aromatic N) is 1. The van der Waals surface area contributed by atoms with Crippen molar-refractivity contribution in [2.45, 2.75) is 44.6 Å². The van der Waals surface area contributed by atoms with Gasteiger partial charge in [-0.05, 0) is 58.0 Å². The van der Waals surface area contributed by atoms with Gasteiger partial charge in [0.05, 0.1) is 4.90 Å². The van der Waals surface area contributed by atoms with Crippen LogP contribution in [-0.4, -0.2) is 38.9 Å². The summed E-state index contributed by atoms with van der Waals surface area (Å²) in [7, 11) is -1.44. The van der Waals surface area contributed by atoms with Crippen molar-refractivity contribution in [3.05, 3.63) is 29.8 Å². The van der Waals surface area contributed by atoms with E-state index in [-0.39, 0.29) is 6.04 Å². The van der Waals surface area contributed by atoms with Crippen molar-refractivity contribution < 1.29 is 8.42 Å². The highest BCUT2D eigenvalue weighted by Crippen LogP contribution is 2.19. The third-order valence-electron chi connectivity index (χ3n) is 3.31. The van der Waals surface area contributed by atoms with Crippen LogP contribution in [0.15, 0.2) is 29.2 Å². The van der Waals surface area contributed by atoms with Gasteiger partial charge in [0.15, 0.2) is 0 Å². The van der Waals surface area contributed by atoms with E-state index in [4.69, 9.17) is 0 Å². The van der Waals surface area contributed by atoms with E-state index in [1.807, 2.05) is 40.0 Å². The summed E-state index contributed by atoms with van der Waals surface area (Å²) in [5.41, 5.74) is 1.17. The monoisotopic (exact) mass is 298 g/mol. The first-order valence-corrected chi connectivity index (χ1v) is 8.62. The van der Waals surface area contributed by atoms with Crippen LogP contribution < -0.4 is 5.32 Å². The minimum atomic E-state index is -3.37. The number of rotatable bonds is 8. The zero-order valence-electron chi connectivity index (χ0n) is 12.9.